The van der Waals surface area contributed by atoms with Gasteiger partial charge in [0.05, 0.1) is 5.92 Å². The number of aryl methyl sites for hydroxylation is 2. The van der Waals surface area contributed by atoms with Gasteiger partial charge in [0.2, 0.25) is 5.91 Å². The van der Waals surface area contributed by atoms with E-state index in [4.69, 9.17) is 10.5 Å². The average molecular weight is 367 g/mol. The molecule has 2 atom stereocenters. The molecule has 0 radical (unpaired) electrons. The standard InChI is InChI=1S/C23H30N2O2/c1-16-9-10-17(2)21(15-16)27-20-11-13-25(14-12-20)23(26)18(3)22(24)19-7-5-4-6-8-19/h4-10,15,18,20,22H,11-14,24H2,1-3H3. The molecule has 2 aromatic rings. The third kappa shape index (κ3) is 4.69. The van der Waals surface area contributed by atoms with E-state index in [1.165, 1.54) is 5.56 Å². The first-order chi connectivity index (χ1) is 13.0. The zero-order chi connectivity index (χ0) is 19.4. The summed E-state index contributed by atoms with van der Waals surface area (Å²) in [6, 6.07) is 15.9. The van der Waals surface area contributed by atoms with E-state index in [-0.39, 0.29) is 24.0 Å². The van der Waals surface area contributed by atoms with Crippen LogP contribution in [0.1, 0.15) is 42.5 Å². The van der Waals surface area contributed by atoms with Gasteiger partial charge in [-0.3, -0.25) is 4.79 Å². The fourth-order valence-electron chi connectivity index (χ4n) is 3.61. The van der Waals surface area contributed by atoms with Crippen molar-refractivity contribution in [2.45, 2.75) is 45.8 Å². The van der Waals surface area contributed by atoms with E-state index in [0.29, 0.717) is 0 Å². The first-order valence-electron chi connectivity index (χ1n) is 9.79. The molecule has 0 bridgehead atoms. The Labute approximate surface area is 162 Å². The van der Waals surface area contributed by atoms with Crippen LogP contribution in [-0.4, -0.2) is 30.0 Å². The summed E-state index contributed by atoms with van der Waals surface area (Å²) in [5.41, 5.74) is 9.70. The van der Waals surface area contributed by atoms with Crippen molar-refractivity contribution in [2.24, 2.45) is 11.7 Å². The van der Waals surface area contributed by atoms with Gasteiger partial charge in [-0.05, 0) is 36.6 Å². The van der Waals surface area contributed by atoms with Gasteiger partial charge < -0.3 is 15.4 Å². The fraction of sp³-hybridized carbons (Fsp3) is 0.435. The monoisotopic (exact) mass is 366 g/mol. The molecule has 3 rings (SSSR count). The number of nitrogens with zero attached hydrogens (tertiary/aromatic N) is 1. The molecule has 0 aromatic heterocycles. The summed E-state index contributed by atoms with van der Waals surface area (Å²) < 4.78 is 6.21. The zero-order valence-electron chi connectivity index (χ0n) is 16.5. The van der Waals surface area contributed by atoms with Crippen molar-refractivity contribution in [1.82, 2.24) is 4.90 Å². The minimum atomic E-state index is -0.275. The van der Waals surface area contributed by atoms with Crippen LogP contribution >= 0.6 is 0 Å². The summed E-state index contributed by atoms with van der Waals surface area (Å²) in [5, 5.41) is 0. The number of likely N-dealkylation sites (tertiary alicyclic amines) is 1. The van der Waals surface area contributed by atoms with E-state index >= 15 is 0 Å². The summed E-state index contributed by atoms with van der Waals surface area (Å²) in [6.45, 7) is 7.52. The van der Waals surface area contributed by atoms with Gasteiger partial charge in [0.15, 0.2) is 0 Å². The molecule has 1 aliphatic heterocycles. The second-order valence-corrected chi connectivity index (χ2v) is 7.64. The van der Waals surface area contributed by atoms with E-state index < -0.39 is 0 Å². The molecule has 1 saturated heterocycles. The third-order valence-electron chi connectivity index (χ3n) is 5.50. The van der Waals surface area contributed by atoms with Crippen LogP contribution in [0.15, 0.2) is 48.5 Å². The minimum absolute atomic E-state index is 0.136. The highest BCUT2D eigenvalue weighted by atomic mass is 16.5. The topological polar surface area (TPSA) is 55.6 Å². The van der Waals surface area contributed by atoms with Gasteiger partial charge in [0.25, 0.3) is 0 Å². The van der Waals surface area contributed by atoms with Crippen LogP contribution in [0.2, 0.25) is 0 Å². The largest absolute Gasteiger partial charge is 0.490 e. The molecule has 144 valence electrons. The highest BCUT2D eigenvalue weighted by molar-refractivity contribution is 5.79. The van der Waals surface area contributed by atoms with Crippen molar-refractivity contribution >= 4 is 5.91 Å². The van der Waals surface area contributed by atoms with Crippen molar-refractivity contribution in [3.8, 4) is 5.75 Å². The van der Waals surface area contributed by atoms with E-state index in [2.05, 4.69) is 32.0 Å². The molecular formula is C23H30N2O2. The summed E-state index contributed by atoms with van der Waals surface area (Å²) in [7, 11) is 0. The molecule has 1 aliphatic rings. The van der Waals surface area contributed by atoms with Gasteiger partial charge in [0.1, 0.15) is 11.9 Å². The maximum atomic E-state index is 12.9. The number of benzene rings is 2. The molecule has 0 spiro atoms. The normalized spacial score (nSPS) is 17.4. The molecule has 27 heavy (non-hydrogen) atoms. The summed E-state index contributed by atoms with van der Waals surface area (Å²) in [5.74, 6) is 0.861. The molecule has 2 N–H and O–H groups in total. The third-order valence-corrected chi connectivity index (χ3v) is 5.50. The smallest absolute Gasteiger partial charge is 0.227 e. The van der Waals surface area contributed by atoms with E-state index in [1.54, 1.807) is 0 Å². The lowest BCUT2D eigenvalue weighted by Crippen LogP contribution is -2.45. The molecule has 4 nitrogen and oxygen atoms in total. The Hall–Kier alpha value is -2.33. The van der Waals surface area contributed by atoms with Crippen LogP contribution in [0.4, 0.5) is 0 Å². The highest BCUT2D eigenvalue weighted by Gasteiger charge is 2.30. The highest BCUT2D eigenvalue weighted by Crippen LogP contribution is 2.26. The van der Waals surface area contributed by atoms with Crippen LogP contribution in [0.3, 0.4) is 0 Å². The average Bonchev–Trinajstić information content (AvgIpc) is 2.70. The summed E-state index contributed by atoms with van der Waals surface area (Å²) in [6.07, 6.45) is 1.87. The van der Waals surface area contributed by atoms with Crippen molar-refractivity contribution in [3.63, 3.8) is 0 Å². The summed E-state index contributed by atoms with van der Waals surface area (Å²) in [4.78, 5) is 14.8. The Kier molecular flexibility index (Phi) is 6.17. The van der Waals surface area contributed by atoms with Gasteiger partial charge in [-0.1, -0.05) is 49.4 Å². The second-order valence-electron chi connectivity index (χ2n) is 7.64. The fourth-order valence-corrected chi connectivity index (χ4v) is 3.61. The number of rotatable bonds is 5. The number of hydrogen-bond donors (Lipinski definition) is 1. The van der Waals surface area contributed by atoms with Crippen LogP contribution in [-0.2, 0) is 4.79 Å². The lowest BCUT2D eigenvalue weighted by molar-refractivity contribution is -0.137. The van der Waals surface area contributed by atoms with E-state index in [1.807, 2.05) is 42.2 Å². The lowest BCUT2D eigenvalue weighted by Gasteiger charge is -2.35. The number of amides is 1. The second kappa shape index (κ2) is 8.57. The van der Waals surface area contributed by atoms with Gasteiger partial charge in [-0.25, -0.2) is 0 Å². The number of carbonyl (C=O) groups excluding carboxylic acids is 1. The van der Waals surface area contributed by atoms with Gasteiger partial charge in [-0.2, -0.15) is 0 Å². The molecule has 2 aromatic carbocycles. The SMILES string of the molecule is Cc1ccc(C)c(OC2CCN(C(=O)C(C)C(N)c3ccccc3)CC2)c1. The quantitative estimate of drug-likeness (QED) is 0.870. The first-order valence-corrected chi connectivity index (χ1v) is 9.79. The molecule has 1 amide bonds. The Morgan fingerprint density at radius 2 is 1.78 bits per heavy atom. The molecule has 1 fully saturated rings. The number of piperidine rings is 1. The Balaban J connectivity index is 1.55. The van der Waals surface area contributed by atoms with Crippen molar-refractivity contribution < 1.29 is 9.53 Å². The number of ether oxygens (including phenoxy) is 1. The summed E-state index contributed by atoms with van der Waals surface area (Å²) >= 11 is 0. The Bertz CT molecular complexity index is 767. The van der Waals surface area contributed by atoms with E-state index in [9.17, 15) is 4.79 Å². The predicted octanol–water partition coefficient (Wildman–Crippen LogP) is 4.01. The number of hydrogen-bond acceptors (Lipinski definition) is 3. The van der Waals surface area contributed by atoms with Crippen molar-refractivity contribution in [3.05, 3.63) is 65.2 Å². The Morgan fingerprint density at radius 1 is 1.11 bits per heavy atom. The maximum absolute atomic E-state index is 12.9. The van der Waals surface area contributed by atoms with Crippen molar-refractivity contribution in [2.75, 3.05) is 13.1 Å². The van der Waals surface area contributed by atoms with Crippen LogP contribution in [0.25, 0.3) is 0 Å². The Morgan fingerprint density at radius 3 is 2.44 bits per heavy atom. The predicted molar refractivity (Wildman–Crippen MR) is 109 cm³/mol. The van der Waals surface area contributed by atoms with Gasteiger partial charge in [-0.15, -0.1) is 0 Å². The van der Waals surface area contributed by atoms with Crippen molar-refractivity contribution in [1.29, 1.82) is 0 Å². The number of carbonyl (C=O) groups is 1. The zero-order valence-corrected chi connectivity index (χ0v) is 16.5. The minimum Gasteiger partial charge on any atom is -0.490 e. The first kappa shape index (κ1) is 19.4. The molecule has 1 heterocycles. The van der Waals surface area contributed by atoms with Gasteiger partial charge in [0, 0.05) is 32.0 Å². The lowest BCUT2D eigenvalue weighted by atomic mass is 9.93. The van der Waals surface area contributed by atoms with Gasteiger partial charge >= 0.3 is 0 Å². The van der Waals surface area contributed by atoms with Crippen LogP contribution < -0.4 is 10.5 Å². The molecule has 0 aliphatic carbocycles. The molecule has 2 unspecified atom stereocenters. The van der Waals surface area contributed by atoms with Crippen LogP contribution in [0, 0.1) is 19.8 Å². The molecule has 0 saturated carbocycles. The molecular weight excluding hydrogens is 336 g/mol. The number of nitrogens with two attached hydrogens (primary N) is 1. The van der Waals surface area contributed by atoms with E-state index in [0.717, 1.165) is 42.8 Å². The maximum Gasteiger partial charge on any atom is 0.227 e. The molecule has 4 heteroatoms. The van der Waals surface area contributed by atoms with Crippen LogP contribution in [0.5, 0.6) is 5.75 Å².